The third-order valence-corrected chi connectivity index (χ3v) is 12.0. The minimum atomic E-state index is -1.98. The second-order valence-electron chi connectivity index (χ2n) is 16.2. The monoisotopic (exact) mass is 808 g/mol. The first kappa shape index (κ1) is 42.7. The van der Waals surface area contributed by atoms with E-state index in [1.165, 1.54) is 39.5 Å². The highest BCUT2D eigenvalue weighted by molar-refractivity contribution is 6.23. The lowest BCUT2D eigenvalue weighted by atomic mass is 9.82. The fourth-order valence-corrected chi connectivity index (χ4v) is 8.12. The lowest BCUT2D eigenvalue weighted by Crippen LogP contribution is -2.54. The first-order valence-corrected chi connectivity index (χ1v) is 19.7. The number of methoxy groups -OCH3 is 1. The van der Waals surface area contributed by atoms with Crippen LogP contribution in [-0.4, -0.2) is 131 Å². The van der Waals surface area contributed by atoms with Crippen molar-refractivity contribution in [2.24, 2.45) is 28.8 Å². The third kappa shape index (κ3) is 7.82. The van der Waals surface area contributed by atoms with Crippen LogP contribution in [0.4, 0.5) is 5.69 Å². The standard InChI is InChI=1S/C42H56N4O12/c1-20-11-10-12-21(2)41(53)44-31-26(19-43-46-16-14-45(8)15-17-46)34(50)28-29(35(31)51)36-24(5)37-30(28)40(52)42(7,58-37)55-18-13-27(54-9)22(3)38(56-25(6)47)39(57-36)33(49)23(4)32(20)48/h10-11,13,18-23,27,32-33,38-39,48-51H,12,14-17H2,1-9H3,(H,44,53)/b11-10+,18-13+,43-19+/t20-,21?,22?,23+,27-,32-,33+,38+,39+,42-/m0/s1. The molecule has 4 heterocycles. The van der Waals surface area contributed by atoms with Crippen LogP contribution in [0.2, 0.25) is 0 Å². The van der Waals surface area contributed by atoms with Gasteiger partial charge in [0.1, 0.15) is 23.4 Å². The highest BCUT2D eigenvalue weighted by Gasteiger charge is 2.51. The fraction of sp³-hybridized carbons (Fsp3) is 0.571. The smallest absolute Gasteiger partial charge is 0.312 e. The maximum absolute atomic E-state index is 14.6. The van der Waals surface area contributed by atoms with Crippen LogP contribution in [0, 0.1) is 30.6 Å². The van der Waals surface area contributed by atoms with E-state index in [0.717, 1.165) is 13.1 Å². The number of carbonyl (C=O) groups excluding carboxylic acids is 3. The van der Waals surface area contributed by atoms with Gasteiger partial charge in [0.15, 0.2) is 11.9 Å². The summed E-state index contributed by atoms with van der Waals surface area (Å²) in [4.78, 5) is 43.5. The van der Waals surface area contributed by atoms with E-state index in [1.807, 2.05) is 7.05 Å². The second-order valence-corrected chi connectivity index (χ2v) is 16.2. The van der Waals surface area contributed by atoms with Crippen molar-refractivity contribution >= 4 is 40.3 Å². The minimum absolute atomic E-state index is 0.0421. The fourth-order valence-electron chi connectivity index (χ4n) is 8.12. The highest BCUT2D eigenvalue weighted by Crippen LogP contribution is 2.56. The number of Topliss-reactive ketones (excluding diaryl/α,β-unsaturated/α-hetero) is 1. The van der Waals surface area contributed by atoms with E-state index in [0.29, 0.717) is 13.1 Å². The number of nitrogens with one attached hydrogen (secondary N) is 1. The molecule has 1 saturated heterocycles. The van der Waals surface area contributed by atoms with Crippen LogP contribution in [0.3, 0.4) is 0 Å². The number of phenols is 2. The molecule has 0 aliphatic carbocycles. The first-order valence-electron chi connectivity index (χ1n) is 19.7. The van der Waals surface area contributed by atoms with Gasteiger partial charge in [-0.05, 0) is 26.5 Å². The molecule has 1 fully saturated rings. The van der Waals surface area contributed by atoms with Crippen molar-refractivity contribution in [2.75, 3.05) is 45.7 Å². The number of likely N-dealkylation sites (N-methyl/N-ethyl adjacent to an activating group) is 1. The zero-order valence-electron chi connectivity index (χ0n) is 34.5. The van der Waals surface area contributed by atoms with Crippen molar-refractivity contribution in [3.63, 3.8) is 0 Å². The Labute approximate surface area is 338 Å². The molecule has 6 rings (SSSR count). The number of esters is 1. The molecule has 4 aliphatic rings. The van der Waals surface area contributed by atoms with E-state index in [-0.39, 0.29) is 51.1 Å². The molecule has 4 aliphatic heterocycles. The largest absolute Gasteiger partial charge is 0.506 e. The molecule has 0 aromatic heterocycles. The van der Waals surface area contributed by atoms with E-state index in [1.54, 1.807) is 51.8 Å². The van der Waals surface area contributed by atoms with Crippen LogP contribution < -0.4 is 14.8 Å². The van der Waals surface area contributed by atoms with E-state index in [9.17, 15) is 34.8 Å². The molecule has 0 spiro atoms. The lowest BCUT2D eigenvalue weighted by molar-refractivity contribution is -0.168. The maximum Gasteiger partial charge on any atom is 0.312 e. The number of rotatable bonds is 4. The number of ether oxygens (including phenoxy) is 5. The summed E-state index contributed by atoms with van der Waals surface area (Å²) in [5.41, 5.74) is -0.264. The number of benzene rings is 2. The Kier molecular flexibility index (Phi) is 12.3. The van der Waals surface area contributed by atoms with Crippen molar-refractivity contribution in [1.82, 2.24) is 9.91 Å². The molecule has 10 atom stereocenters. The van der Waals surface area contributed by atoms with Gasteiger partial charge in [-0.15, -0.1) is 0 Å². The number of allylic oxidation sites excluding steroid dienone is 1. The van der Waals surface area contributed by atoms with Gasteiger partial charge in [-0.25, -0.2) is 0 Å². The number of aliphatic hydroxyl groups is 2. The summed E-state index contributed by atoms with van der Waals surface area (Å²) in [6.07, 6.45) is 1.54. The SMILES string of the molecule is CO[C@H]1/C=C/O[C@@]2(C)Oc3c(C)c4c5c(O)c(c(/C=N/N6CCN(C)CC6)c(O)c5c3C2=O)NC(=O)C(C)C/C=C/[C@H](C)[C@H](O)[C@@H](C)[C@@H](O)[C@@H](O4)[C@H](OC(C)=O)C1C. The van der Waals surface area contributed by atoms with Gasteiger partial charge in [0.25, 0.3) is 5.78 Å². The molecule has 6 bridgehead atoms. The maximum atomic E-state index is 14.6. The molecule has 0 saturated carbocycles. The van der Waals surface area contributed by atoms with Crippen molar-refractivity contribution in [3.05, 3.63) is 41.2 Å². The van der Waals surface area contributed by atoms with Crippen molar-refractivity contribution in [2.45, 2.75) is 91.2 Å². The van der Waals surface area contributed by atoms with Crippen LogP contribution >= 0.6 is 0 Å². The van der Waals surface area contributed by atoms with Crippen molar-refractivity contribution < 1.29 is 58.5 Å². The van der Waals surface area contributed by atoms with Gasteiger partial charge in [0.05, 0.1) is 53.0 Å². The highest BCUT2D eigenvalue weighted by atomic mass is 16.7. The van der Waals surface area contributed by atoms with Gasteiger partial charge in [-0.2, -0.15) is 5.10 Å². The molecular formula is C42H56N4O12. The molecule has 1 amide bonds. The van der Waals surface area contributed by atoms with Gasteiger partial charge < -0.3 is 54.3 Å². The average molecular weight is 809 g/mol. The number of aliphatic hydroxyl groups excluding tert-OH is 2. The van der Waals surface area contributed by atoms with Gasteiger partial charge in [-0.3, -0.25) is 19.4 Å². The molecule has 58 heavy (non-hydrogen) atoms. The molecule has 316 valence electrons. The first-order chi connectivity index (χ1) is 27.4. The number of carbonyl (C=O) groups is 3. The number of ketones is 1. The molecule has 2 aromatic carbocycles. The predicted octanol–water partition coefficient (Wildman–Crippen LogP) is 3.83. The molecule has 2 aromatic rings. The second kappa shape index (κ2) is 16.8. The number of amides is 1. The van der Waals surface area contributed by atoms with Gasteiger partial charge in [0, 0.05) is 81.8 Å². The Morgan fingerprint density at radius 2 is 1.69 bits per heavy atom. The van der Waals surface area contributed by atoms with E-state index in [4.69, 9.17) is 23.7 Å². The number of hydrazone groups is 1. The molecule has 5 N–H and O–H groups in total. The molecule has 16 heteroatoms. The Balaban J connectivity index is 1.73. The lowest BCUT2D eigenvalue weighted by Gasteiger charge is -2.40. The van der Waals surface area contributed by atoms with Gasteiger partial charge in [0.2, 0.25) is 5.91 Å². The number of fused-ring (bicyclic) bond motifs is 4. The van der Waals surface area contributed by atoms with Crippen LogP contribution in [0.15, 0.2) is 29.6 Å². The summed E-state index contributed by atoms with van der Waals surface area (Å²) in [5, 5.41) is 57.8. The number of hydrogen-bond donors (Lipinski definition) is 5. The Morgan fingerprint density at radius 3 is 2.34 bits per heavy atom. The van der Waals surface area contributed by atoms with Crippen LogP contribution in [0.1, 0.15) is 69.4 Å². The summed E-state index contributed by atoms with van der Waals surface area (Å²) in [6, 6.07) is 0. The minimum Gasteiger partial charge on any atom is -0.506 e. The van der Waals surface area contributed by atoms with Crippen LogP contribution in [0.25, 0.3) is 10.8 Å². The Hall–Kier alpha value is -4.90. The topological polar surface area (TPSA) is 209 Å². The number of phenolic OH excluding ortho intramolecular Hbond substituents is 2. The number of nitrogens with zero attached hydrogens (tertiary/aromatic N) is 3. The summed E-state index contributed by atoms with van der Waals surface area (Å²) in [5.74, 6) is -8.03. The summed E-state index contributed by atoms with van der Waals surface area (Å²) in [6.45, 7) is 13.6. The Morgan fingerprint density at radius 1 is 1.00 bits per heavy atom. The Bertz CT molecular complexity index is 2030. The summed E-state index contributed by atoms with van der Waals surface area (Å²) in [7, 11) is 3.43. The normalized spacial score (nSPS) is 33.3. The quantitative estimate of drug-likeness (QED) is 0.0979. The van der Waals surface area contributed by atoms with Crippen LogP contribution in [-0.2, 0) is 23.8 Å². The number of aromatic hydroxyl groups is 2. The van der Waals surface area contributed by atoms with Crippen LogP contribution in [0.5, 0.6) is 23.0 Å². The number of anilines is 1. The van der Waals surface area contributed by atoms with E-state index >= 15 is 0 Å². The van der Waals surface area contributed by atoms with E-state index in [2.05, 4.69) is 15.3 Å². The molecule has 2 unspecified atom stereocenters. The summed E-state index contributed by atoms with van der Waals surface area (Å²) >= 11 is 0. The predicted molar refractivity (Wildman–Crippen MR) is 214 cm³/mol. The number of hydrogen-bond acceptors (Lipinski definition) is 15. The molecule has 0 radical (unpaired) electrons. The van der Waals surface area contributed by atoms with Crippen molar-refractivity contribution in [1.29, 1.82) is 0 Å². The summed E-state index contributed by atoms with van der Waals surface area (Å²) < 4.78 is 30.9. The van der Waals surface area contributed by atoms with E-state index < -0.39 is 89.1 Å². The average Bonchev–Trinajstić information content (AvgIpc) is 3.45. The van der Waals surface area contributed by atoms with Crippen molar-refractivity contribution in [3.8, 4) is 23.0 Å². The zero-order valence-corrected chi connectivity index (χ0v) is 34.5. The third-order valence-electron chi connectivity index (χ3n) is 12.0. The van der Waals surface area contributed by atoms with Gasteiger partial charge >= 0.3 is 11.8 Å². The van der Waals surface area contributed by atoms with Gasteiger partial charge in [-0.1, -0.05) is 39.8 Å². The molecule has 16 nitrogen and oxygen atoms in total. The number of piperazine rings is 1. The zero-order chi connectivity index (χ0) is 42.4. The molecular weight excluding hydrogens is 752 g/mol.